The summed E-state index contributed by atoms with van der Waals surface area (Å²) in [6.45, 7) is 0. The van der Waals surface area contributed by atoms with Gasteiger partial charge >= 0.3 is 0 Å². The Morgan fingerprint density at radius 1 is 0.875 bits per heavy atom. The van der Waals surface area contributed by atoms with Crippen molar-refractivity contribution >= 4 is 7.98 Å². The second kappa shape index (κ2) is 6.06. The third kappa shape index (κ3) is 3.49. The topological polar surface area (TPSA) is 38.0 Å². The average Bonchev–Trinajstić information content (AvgIpc) is 2.33. The molecule has 0 amide bonds. The largest absolute Gasteiger partial charge is 0.364 e. The molecule has 2 radical (unpaired) electrons. The summed E-state index contributed by atoms with van der Waals surface area (Å²) in [6.07, 6.45) is 12.0. The average molecular weight is 220 g/mol. The second-order valence-electron chi connectivity index (χ2n) is 5.90. The first kappa shape index (κ1) is 12.4. The lowest BCUT2D eigenvalue weighted by Gasteiger charge is -2.33. The molecule has 2 aliphatic carbocycles. The highest BCUT2D eigenvalue weighted by Gasteiger charge is 2.25. The van der Waals surface area contributed by atoms with Crippen molar-refractivity contribution in [3.8, 4) is 0 Å². The lowest BCUT2D eigenvalue weighted by atomic mass is 9.75. The van der Waals surface area contributed by atoms with Gasteiger partial charge in [-0.2, -0.15) is 0 Å². The van der Waals surface area contributed by atoms with Crippen LogP contribution in [0.1, 0.15) is 57.8 Å². The lowest BCUT2D eigenvalue weighted by molar-refractivity contribution is 0.222. The van der Waals surface area contributed by atoms with Gasteiger partial charge in [0.1, 0.15) is 0 Å². The second-order valence-corrected chi connectivity index (χ2v) is 5.90. The van der Waals surface area contributed by atoms with Gasteiger partial charge in [-0.25, -0.2) is 0 Å². The van der Waals surface area contributed by atoms with Gasteiger partial charge < -0.3 is 11.0 Å². The van der Waals surface area contributed by atoms with Crippen molar-refractivity contribution in [2.24, 2.45) is 17.6 Å². The summed E-state index contributed by atoms with van der Waals surface area (Å²) >= 11 is 0. The van der Waals surface area contributed by atoms with Gasteiger partial charge in [0.25, 0.3) is 0 Å². The van der Waals surface area contributed by atoms with Gasteiger partial charge in [-0.1, -0.05) is 0 Å². The minimum absolute atomic E-state index is 0.494. The molecule has 0 aromatic rings. The highest BCUT2D eigenvalue weighted by atomic mass is 14.8. The molecule has 0 aliphatic heterocycles. The Labute approximate surface area is 101 Å². The Balaban J connectivity index is 1.66. The van der Waals surface area contributed by atoms with Crippen molar-refractivity contribution in [2.45, 2.75) is 69.9 Å². The highest BCUT2D eigenvalue weighted by Crippen LogP contribution is 2.34. The molecule has 2 saturated carbocycles. The van der Waals surface area contributed by atoms with Crippen LogP contribution in [0.3, 0.4) is 0 Å². The molecule has 3 heteroatoms. The molecule has 2 nitrogen and oxygen atoms in total. The summed E-state index contributed by atoms with van der Waals surface area (Å²) in [7, 11) is 5.48. The summed E-state index contributed by atoms with van der Waals surface area (Å²) < 4.78 is 0. The van der Waals surface area contributed by atoms with E-state index in [2.05, 4.69) is 5.23 Å². The van der Waals surface area contributed by atoms with Crippen LogP contribution in [0.15, 0.2) is 0 Å². The van der Waals surface area contributed by atoms with Crippen LogP contribution in [0, 0.1) is 11.8 Å². The van der Waals surface area contributed by atoms with Crippen molar-refractivity contribution in [3.05, 3.63) is 0 Å². The monoisotopic (exact) mass is 220 g/mol. The zero-order valence-electron chi connectivity index (χ0n) is 10.3. The van der Waals surface area contributed by atoms with E-state index >= 15 is 0 Å². The molecule has 2 fully saturated rings. The number of hydrogen-bond acceptors (Lipinski definition) is 2. The summed E-state index contributed by atoms with van der Waals surface area (Å²) in [6, 6.07) is 1.07. The maximum Gasteiger partial charge on any atom is 0.178 e. The van der Waals surface area contributed by atoms with Gasteiger partial charge in [0.2, 0.25) is 0 Å². The van der Waals surface area contributed by atoms with Gasteiger partial charge in [0.15, 0.2) is 7.98 Å². The normalized spacial score (nSPS) is 40.8. The molecule has 0 saturated heterocycles. The summed E-state index contributed by atoms with van der Waals surface area (Å²) in [5.41, 5.74) is 5.94. The first-order valence-electron chi connectivity index (χ1n) is 6.99. The van der Waals surface area contributed by atoms with Crippen molar-refractivity contribution in [1.29, 1.82) is 0 Å². The standard InChI is InChI=1S/C13H25BN2/c14-16-13-7-3-11(4-8-13)9-10-1-5-12(15)6-2-10/h10-13,16H,1-9,15H2. The van der Waals surface area contributed by atoms with E-state index in [1.807, 2.05) is 0 Å². The van der Waals surface area contributed by atoms with E-state index in [0.29, 0.717) is 12.1 Å². The maximum atomic E-state index is 5.94. The Morgan fingerprint density at radius 3 is 1.88 bits per heavy atom. The van der Waals surface area contributed by atoms with Crippen molar-refractivity contribution < 1.29 is 0 Å². The van der Waals surface area contributed by atoms with Crippen molar-refractivity contribution in [1.82, 2.24) is 5.23 Å². The van der Waals surface area contributed by atoms with E-state index in [1.165, 1.54) is 57.8 Å². The zero-order valence-corrected chi connectivity index (χ0v) is 10.3. The van der Waals surface area contributed by atoms with Crippen LogP contribution in [0.2, 0.25) is 0 Å². The Kier molecular flexibility index (Phi) is 4.72. The van der Waals surface area contributed by atoms with E-state index in [4.69, 9.17) is 13.7 Å². The molecule has 3 N–H and O–H groups in total. The first-order chi connectivity index (χ1) is 7.78. The molecular formula is C13H25BN2. The van der Waals surface area contributed by atoms with Crippen molar-refractivity contribution in [3.63, 3.8) is 0 Å². The van der Waals surface area contributed by atoms with E-state index in [9.17, 15) is 0 Å². The minimum atomic E-state index is 0.494. The molecule has 0 atom stereocenters. The lowest BCUT2D eigenvalue weighted by Crippen LogP contribution is -2.32. The van der Waals surface area contributed by atoms with Crippen LogP contribution >= 0.6 is 0 Å². The zero-order chi connectivity index (χ0) is 11.4. The van der Waals surface area contributed by atoms with Crippen LogP contribution in [0.4, 0.5) is 0 Å². The predicted molar refractivity (Wildman–Crippen MR) is 69.2 cm³/mol. The minimum Gasteiger partial charge on any atom is -0.364 e. The predicted octanol–water partition coefficient (Wildman–Crippen LogP) is 2.13. The molecule has 2 aliphatic rings. The smallest absolute Gasteiger partial charge is 0.178 e. The van der Waals surface area contributed by atoms with Crippen LogP contribution in [0.5, 0.6) is 0 Å². The third-order valence-electron chi connectivity index (χ3n) is 4.64. The molecule has 0 unspecified atom stereocenters. The Morgan fingerprint density at radius 2 is 1.38 bits per heavy atom. The first-order valence-corrected chi connectivity index (χ1v) is 6.99. The Bertz CT molecular complexity index is 194. The summed E-state index contributed by atoms with van der Waals surface area (Å²) in [5.74, 6) is 1.93. The molecule has 0 bridgehead atoms. The summed E-state index contributed by atoms with van der Waals surface area (Å²) in [5, 5.41) is 2.92. The number of nitrogens with one attached hydrogen (secondary N) is 1. The maximum absolute atomic E-state index is 5.94. The fourth-order valence-electron chi connectivity index (χ4n) is 3.46. The van der Waals surface area contributed by atoms with Crippen LogP contribution in [0.25, 0.3) is 0 Å². The van der Waals surface area contributed by atoms with Crippen LogP contribution in [-0.4, -0.2) is 20.1 Å². The quantitative estimate of drug-likeness (QED) is 0.715. The fourth-order valence-corrected chi connectivity index (χ4v) is 3.46. The molecule has 16 heavy (non-hydrogen) atoms. The molecule has 2 rings (SSSR count). The molecule has 0 aromatic carbocycles. The highest BCUT2D eigenvalue weighted by molar-refractivity contribution is 6.04. The van der Waals surface area contributed by atoms with Gasteiger partial charge in [-0.3, -0.25) is 0 Å². The van der Waals surface area contributed by atoms with Gasteiger partial charge in [-0.15, -0.1) is 0 Å². The molecule has 0 heterocycles. The number of rotatable bonds is 3. The van der Waals surface area contributed by atoms with Crippen LogP contribution < -0.4 is 11.0 Å². The van der Waals surface area contributed by atoms with Crippen LogP contribution in [-0.2, 0) is 0 Å². The van der Waals surface area contributed by atoms with E-state index < -0.39 is 0 Å². The van der Waals surface area contributed by atoms with Crippen molar-refractivity contribution in [2.75, 3.05) is 0 Å². The number of hydrogen-bond donors (Lipinski definition) is 2. The fraction of sp³-hybridized carbons (Fsp3) is 1.00. The third-order valence-corrected chi connectivity index (χ3v) is 4.64. The molecule has 0 aromatic heterocycles. The van der Waals surface area contributed by atoms with Gasteiger partial charge in [0.05, 0.1) is 0 Å². The van der Waals surface area contributed by atoms with E-state index in [0.717, 1.165) is 11.8 Å². The SMILES string of the molecule is [B]NC1CCC(CC2CCC(N)CC2)CC1. The Hall–Kier alpha value is -0.0151. The summed E-state index contributed by atoms with van der Waals surface area (Å²) in [4.78, 5) is 0. The number of nitrogens with two attached hydrogens (primary N) is 1. The molecule has 0 spiro atoms. The van der Waals surface area contributed by atoms with Gasteiger partial charge in [0, 0.05) is 6.04 Å². The van der Waals surface area contributed by atoms with Gasteiger partial charge in [-0.05, 0) is 75.7 Å². The van der Waals surface area contributed by atoms with E-state index in [1.54, 1.807) is 0 Å². The van der Waals surface area contributed by atoms with E-state index in [-0.39, 0.29) is 0 Å². The molecule has 90 valence electrons. The molecular weight excluding hydrogens is 195 g/mol.